The first kappa shape index (κ1) is 23.8. The minimum Gasteiger partial charge on any atom is -0.497 e. The van der Waals surface area contributed by atoms with Gasteiger partial charge < -0.3 is 14.8 Å². The van der Waals surface area contributed by atoms with Gasteiger partial charge in [0.15, 0.2) is 6.10 Å². The molecular weight excluding hydrogens is 444 g/mol. The summed E-state index contributed by atoms with van der Waals surface area (Å²) in [6, 6.07) is 20.8. The van der Waals surface area contributed by atoms with Crippen LogP contribution < -0.4 is 14.4 Å². The van der Waals surface area contributed by atoms with Crippen molar-refractivity contribution in [2.24, 2.45) is 0 Å². The normalized spacial score (nSPS) is 11.8. The second-order valence-corrected chi connectivity index (χ2v) is 9.07. The summed E-state index contributed by atoms with van der Waals surface area (Å²) in [6.07, 6.45) is -1.08. The maximum absolute atomic E-state index is 13.1. The number of methoxy groups -OCH3 is 1. The molecule has 3 rings (SSSR count). The Morgan fingerprint density at radius 1 is 0.939 bits per heavy atom. The van der Waals surface area contributed by atoms with Crippen LogP contribution in [0.1, 0.15) is 17.3 Å². The number of rotatable bonds is 8. The minimum atomic E-state index is -3.95. The zero-order valence-electron chi connectivity index (χ0n) is 18.4. The van der Waals surface area contributed by atoms with Gasteiger partial charge in [0.1, 0.15) is 5.75 Å². The highest BCUT2D eigenvalue weighted by Gasteiger charge is 2.24. The van der Waals surface area contributed by atoms with Gasteiger partial charge in [-0.15, -0.1) is 0 Å². The molecule has 1 N–H and O–H groups in total. The third kappa shape index (κ3) is 5.69. The molecule has 0 radical (unpaired) electrons. The first-order valence-corrected chi connectivity index (χ1v) is 11.5. The van der Waals surface area contributed by atoms with Gasteiger partial charge in [0.25, 0.3) is 15.9 Å². The Morgan fingerprint density at radius 3 is 2.24 bits per heavy atom. The van der Waals surface area contributed by atoms with E-state index >= 15 is 0 Å². The SMILES string of the molecule is COc1ccc(N(C)S(=O)(=O)c2cccc(C(=O)OC(C)C(=O)Nc3ccccc3)c2)cc1. The Hall–Kier alpha value is -3.85. The number of nitrogens with one attached hydrogen (secondary N) is 1. The predicted octanol–water partition coefficient (Wildman–Crippen LogP) is 3.70. The number of carbonyl (C=O) groups excluding carboxylic acids is 2. The Bertz CT molecular complexity index is 1230. The maximum Gasteiger partial charge on any atom is 0.338 e. The van der Waals surface area contributed by atoms with Crippen LogP contribution >= 0.6 is 0 Å². The Labute approximate surface area is 192 Å². The average Bonchev–Trinajstić information content (AvgIpc) is 2.84. The molecule has 1 atom stereocenters. The number of ether oxygens (including phenoxy) is 2. The lowest BCUT2D eigenvalue weighted by Crippen LogP contribution is -2.30. The largest absolute Gasteiger partial charge is 0.497 e. The van der Waals surface area contributed by atoms with Crippen LogP contribution in [0.15, 0.2) is 83.8 Å². The van der Waals surface area contributed by atoms with Gasteiger partial charge in [0.05, 0.1) is 23.3 Å². The van der Waals surface area contributed by atoms with Crippen molar-refractivity contribution in [2.75, 3.05) is 23.8 Å². The summed E-state index contributed by atoms with van der Waals surface area (Å²) in [5.74, 6) is -0.716. The zero-order chi connectivity index (χ0) is 24.0. The van der Waals surface area contributed by atoms with E-state index in [1.54, 1.807) is 48.5 Å². The van der Waals surface area contributed by atoms with Crippen molar-refractivity contribution in [1.29, 1.82) is 0 Å². The number of carbonyl (C=O) groups is 2. The molecule has 8 nitrogen and oxygen atoms in total. The van der Waals surface area contributed by atoms with Crippen LogP contribution in [0.2, 0.25) is 0 Å². The van der Waals surface area contributed by atoms with E-state index in [4.69, 9.17) is 9.47 Å². The van der Waals surface area contributed by atoms with Crippen LogP contribution in [0.5, 0.6) is 5.75 Å². The van der Waals surface area contributed by atoms with Gasteiger partial charge in [-0.3, -0.25) is 9.10 Å². The van der Waals surface area contributed by atoms with Gasteiger partial charge in [-0.25, -0.2) is 13.2 Å². The van der Waals surface area contributed by atoms with Gasteiger partial charge in [0, 0.05) is 12.7 Å². The predicted molar refractivity (Wildman–Crippen MR) is 125 cm³/mol. The Morgan fingerprint density at radius 2 is 1.61 bits per heavy atom. The molecule has 0 aliphatic heterocycles. The lowest BCUT2D eigenvalue weighted by Gasteiger charge is -2.20. The highest BCUT2D eigenvalue weighted by molar-refractivity contribution is 7.92. The molecule has 0 spiro atoms. The van der Waals surface area contributed by atoms with E-state index in [-0.39, 0.29) is 10.5 Å². The fraction of sp³-hybridized carbons (Fsp3) is 0.167. The second-order valence-electron chi connectivity index (χ2n) is 7.10. The number of hydrogen-bond donors (Lipinski definition) is 1. The molecule has 0 aromatic heterocycles. The van der Waals surface area contributed by atoms with Gasteiger partial charge in [-0.05, 0) is 61.5 Å². The molecule has 172 valence electrons. The van der Waals surface area contributed by atoms with Crippen LogP contribution in [-0.4, -0.2) is 40.6 Å². The average molecular weight is 469 g/mol. The number of anilines is 2. The number of hydrogen-bond acceptors (Lipinski definition) is 6. The summed E-state index contributed by atoms with van der Waals surface area (Å²) >= 11 is 0. The van der Waals surface area contributed by atoms with E-state index in [2.05, 4.69) is 5.32 Å². The molecule has 0 heterocycles. The quantitative estimate of drug-likeness (QED) is 0.506. The molecule has 0 bridgehead atoms. The molecule has 1 amide bonds. The summed E-state index contributed by atoms with van der Waals surface area (Å²) in [5, 5.41) is 2.65. The number of amides is 1. The molecule has 0 aliphatic carbocycles. The molecule has 1 unspecified atom stereocenters. The fourth-order valence-electron chi connectivity index (χ4n) is 2.92. The van der Waals surface area contributed by atoms with Crippen molar-refractivity contribution >= 4 is 33.3 Å². The fourth-order valence-corrected chi connectivity index (χ4v) is 4.16. The number of sulfonamides is 1. The summed E-state index contributed by atoms with van der Waals surface area (Å²) in [5.41, 5.74) is 1.01. The number of esters is 1. The molecule has 9 heteroatoms. The first-order chi connectivity index (χ1) is 15.7. The monoisotopic (exact) mass is 468 g/mol. The van der Waals surface area contributed by atoms with Crippen molar-refractivity contribution in [1.82, 2.24) is 0 Å². The lowest BCUT2D eigenvalue weighted by molar-refractivity contribution is -0.123. The highest BCUT2D eigenvalue weighted by Crippen LogP contribution is 2.25. The van der Waals surface area contributed by atoms with E-state index in [9.17, 15) is 18.0 Å². The molecule has 0 saturated heterocycles. The molecule has 0 aliphatic rings. The molecule has 33 heavy (non-hydrogen) atoms. The highest BCUT2D eigenvalue weighted by atomic mass is 32.2. The van der Waals surface area contributed by atoms with Crippen molar-refractivity contribution in [3.05, 3.63) is 84.4 Å². The summed E-state index contributed by atoms with van der Waals surface area (Å²) in [4.78, 5) is 24.8. The zero-order valence-corrected chi connectivity index (χ0v) is 19.2. The van der Waals surface area contributed by atoms with Crippen molar-refractivity contribution < 1.29 is 27.5 Å². The third-order valence-corrected chi connectivity index (χ3v) is 6.64. The molecular formula is C24H24N2O6S. The van der Waals surface area contributed by atoms with Crippen molar-refractivity contribution in [3.63, 3.8) is 0 Å². The van der Waals surface area contributed by atoms with Gasteiger partial charge >= 0.3 is 5.97 Å². The molecule has 0 fully saturated rings. The van der Waals surface area contributed by atoms with E-state index in [0.717, 1.165) is 4.31 Å². The Kier molecular flexibility index (Phi) is 7.34. The van der Waals surface area contributed by atoms with Crippen LogP contribution in [0, 0.1) is 0 Å². The van der Waals surface area contributed by atoms with E-state index in [0.29, 0.717) is 17.1 Å². The standard InChI is InChI=1S/C24H24N2O6S/c1-17(23(27)25-19-9-5-4-6-10-19)32-24(28)18-8-7-11-22(16-18)33(29,30)26(2)20-12-14-21(31-3)15-13-20/h4-17H,1-3H3,(H,25,27). The molecule has 3 aromatic carbocycles. The van der Waals surface area contributed by atoms with Crippen LogP contribution in [0.25, 0.3) is 0 Å². The smallest absolute Gasteiger partial charge is 0.338 e. The van der Waals surface area contributed by atoms with E-state index in [1.807, 2.05) is 6.07 Å². The van der Waals surface area contributed by atoms with Crippen LogP contribution in [0.4, 0.5) is 11.4 Å². The van der Waals surface area contributed by atoms with Crippen molar-refractivity contribution in [2.45, 2.75) is 17.9 Å². The van der Waals surface area contributed by atoms with Crippen LogP contribution in [-0.2, 0) is 19.6 Å². The summed E-state index contributed by atoms with van der Waals surface area (Å²) < 4.78 is 37.6. The lowest BCUT2D eigenvalue weighted by atomic mass is 10.2. The second kappa shape index (κ2) is 10.2. The molecule has 0 saturated carbocycles. The third-order valence-electron chi connectivity index (χ3n) is 4.86. The van der Waals surface area contributed by atoms with E-state index in [1.165, 1.54) is 45.3 Å². The van der Waals surface area contributed by atoms with Gasteiger partial charge in [-0.2, -0.15) is 0 Å². The minimum absolute atomic E-state index is 0.0126. The molecule has 3 aromatic rings. The number of nitrogens with zero attached hydrogens (tertiary/aromatic N) is 1. The Balaban J connectivity index is 1.73. The van der Waals surface area contributed by atoms with Crippen LogP contribution in [0.3, 0.4) is 0 Å². The van der Waals surface area contributed by atoms with Crippen molar-refractivity contribution in [3.8, 4) is 5.75 Å². The number of para-hydroxylation sites is 1. The summed E-state index contributed by atoms with van der Waals surface area (Å²) in [7, 11) is -1.01. The first-order valence-electron chi connectivity index (χ1n) is 10.0. The van der Waals surface area contributed by atoms with Gasteiger partial charge in [-0.1, -0.05) is 24.3 Å². The topological polar surface area (TPSA) is 102 Å². The summed E-state index contributed by atoms with van der Waals surface area (Å²) in [6.45, 7) is 1.44. The van der Waals surface area contributed by atoms with Gasteiger partial charge in [0.2, 0.25) is 0 Å². The van der Waals surface area contributed by atoms with E-state index < -0.39 is 28.0 Å². The maximum atomic E-state index is 13.1. The number of benzene rings is 3.